The number of halogens is 2. The van der Waals surface area contributed by atoms with Crippen LogP contribution in [0.15, 0.2) is 23.1 Å². The van der Waals surface area contributed by atoms with Gasteiger partial charge in [-0.15, -0.1) is 0 Å². The van der Waals surface area contributed by atoms with Crippen molar-refractivity contribution in [3.8, 4) is 5.75 Å². The number of hydrogen-bond donors (Lipinski definition) is 2. The van der Waals surface area contributed by atoms with Crippen molar-refractivity contribution < 1.29 is 33.0 Å². The number of hydrogen-bond acceptors (Lipinski definition) is 6. The zero-order valence-corrected chi connectivity index (χ0v) is 19.3. The number of carbonyl (C=O) groups is 2. The third-order valence-corrected chi connectivity index (χ3v) is 7.06. The van der Waals surface area contributed by atoms with E-state index in [1.165, 1.54) is 17.7 Å². The Morgan fingerprint density at radius 1 is 1.23 bits per heavy atom. The van der Waals surface area contributed by atoms with Gasteiger partial charge in [0.05, 0.1) is 13.2 Å². The molecule has 0 aliphatic carbocycles. The fourth-order valence-corrected chi connectivity index (χ4v) is 5.17. The number of aryl methyl sites for hydroxylation is 1. The van der Waals surface area contributed by atoms with E-state index in [1.807, 2.05) is 6.92 Å². The van der Waals surface area contributed by atoms with Crippen LogP contribution in [0, 0.1) is 18.6 Å². The van der Waals surface area contributed by atoms with Gasteiger partial charge >= 0.3 is 0 Å². The molecule has 2 atom stereocenters. The van der Waals surface area contributed by atoms with Gasteiger partial charge in [0.15, 0.2) is 17.2 Å². The van der Waals surface area contributed by atoms with Crippen molar-refractivity contribution in [2.75, 3.05) is 19.8 Å². The molecule has 3 aliphatic heterocycles. The molecule has 2 saturated heterocycles. The third-order valence-electron chi connectivity index (χ3n) is 7.06. The van der Waals surface area contributed by atoms with Crippen LogP contribution in [-0.4, -0.2) is 58.0 Å². The Labute approximate surface area is 199 Å². The Morgan fingerprint density at radius 2 is 1.89 bits per heavy atom. The van der Waals surface area contributed by atoms with E-state index in [1.54, 1.807) is 4.90 Å². The second-order valence-electron chi connectivity index (χ2n) is 9.24. The number of aromatic nitrogens is 1. The van der Waals surface area contributed by atoms with Crippen LogP contribution in [-0.2, 0) is 16.0 Å². The molecule has 1 spiro atoms. The topological polar surface area (TPSA) is 110 Å². The van der Waals surface area contributed by atoms with E-state index in [-0.39, 0.29) is 23.8 Å². The van der Waals surface area contributed by atoms with Gasteiger partial charge in [0.25, 0.3) is 11.8 Å². The molecule has 2 fully saturated rings. The zero-order chi connectivity index (χ0) is 25.1. The molecular weight excluding hydrogens is 464 g/mol. The van der Waals surface area contributed by atoms with Gasteiger partial charge in [0.2, 0.25) is 5.43 Å². The maximum absolute atomic E-state index is 14.2. The van der Waals surface area contributed by atoms with Crippen molar-refractivity contribution in [3.63, 3.8) is 0 Å². The molecule has 0 saturated carbocycles. The first-order chi connectivity index (χ1) is 16.6. The van der Waals surface area contributed by atoms with Crippen LogP contribution in [0.25, 0.3) is 0 Å². The minimum absolute atomic E-state index is 0.178. The van der Waals surface area contributed by atoms with Crippen LogP contribution < -0.4 is 10.7 Å². The Bertz CT molecular complexity index is 1260. The van der Waals surface area contributed by atoms with E-state index in [0.717, 1.165) is 12.1 Å². The highest BCUT2D eigenvalue weighted by atomic mass is 19.1. The fraction of sp³-hybridized carbons (Fsp3) is 0.458. The van der Waals surface area contributed by atoms with Crippen molar-refractivity contribution >= 4 is 11.8 Å². The highest BCUT2D eigenvalue weighted by Gasteiger charge is 2.53. The molecule has 4 heterocycles. The standard InChI is InChI=1S/C24H25F2N3O6/c1-12-7-16(25)14(17(26)8-12)9-27-22(32)15-10-29-18-11-28(23(33)19(29)21(31)20(15)30)13(2)3-4-24(18)34-5-6-35-24/h7-8,10,13,18,31H,3-6,9,11H2,1-2H3,(H,27,32)/t13-,18+/m0/s1. The predicted octanol–water partition coefficient (Wildman–Crippen LogP) is 1.99. The number of amides is 2. The van der Waals surface area contributed by atoms with E-state index in [0.29, 0.717) is 31.6 Å². The summed E-state index contributed by atoms with van der Waals surface area (Å²) in [6.45, 7) is 3.80. The molecule has 2 N–H and O–H groups in total. The van der Waals surface area contributed by atoms with Gasteiger partial charge in [-0.25, -0.2) is 8.78 Å². The average molecular weight is 489 g/mol. The first kappa shape index (κ1) is 23.4. The van der Waals surface area contributed by atoms with Gasteiger partial charge < -0.3 is 29.4 Å². The molecule has 5 rings (SSSR count). The van der Waals surface area contributed by atoms with Crippen LogP contribution in [0.3, 0.4) is 0 Å². The lowest BCUT2D eigenvalue weighted by molar-refractivity contribution is -0.193. The third kappa shape index (κ3) is 3.69. The summed E-state index contributed by atoms with van der Waals surface area (Å²) in [6.07, 6.45) is 2.25. The van der Waals surface area contributed by atoms with Gasteiger partial charge in [0.1, 0.15) is 23.2 Å². The SMILES string of the molecule is Cc1cc(F)c(CNC(=O)c2cn3c(c(O)c2=O)C(=O)N2C[C@@H]3C3(CC[C@@H]2C)OCCO3)c(F)c1. The van der Waals surface area contributed by atoms with Crippen molar-refractivity contribution in [2.45, 2.75) is 51.1 Å². The predicted molar refractivity (Wildman–Crippen MR) is 118 cm³/mol. The summed E-state index contributed by atoms with van der Waals surface area (Å²) in [5, 5.41) is 13.1. The maximum Gasteiger partial charge on any atom is 0.274 e. The van der Waals surface area contributed by atoms with E-state index < -0.39 is 58.6 Å². The smallest absolute Gasteiger partial charge is 0.274 e. The number of benzene rings is 1. The summed E-state index contributed by atoms with van der Waals surface area (Å²) >= 11 is 0. The molecule has 186 valence electrons. The molecule has 0 unspecified atom stereocenters. The number of pyridine rings is 1. The van der Waals surface area contributed by atoms with Crippen LogP contribution in [0.4, 0.5) is 8.78 Å². The lowest BCUT2D eigenvalue weighted by Gasteiger charge is -2.42. The molecule has 1 aromatic carbocycles. The van der Waals surface area contributed by atoms with Crippen LogP contribution in [0.1, 0.15) is 57.8 Å². The monoisotopic (exact) mass is 489 g/mol. The molecular formula is C24H25F2N3O6. The number of fused-ring (bicyclic) bond motifs is 5. The molecule has 9 nitrogen and oxygen atoms in total. The summed E-state index contributed by atoms with van der Waals surface area (Å²) in [5.41, 5.74) is -1.74. The molecule has 3 aliphatic rings. The quantitative estimate of drug-likeness (QED) is 0.683. The second-order valence-corrected chi connectivity index (χ2v) is 9.24. The zero-order valence-electron chi connectivity index (χ0n) is 19.3. The van der Waals surface area contributed by atoms with Gasteiger partial charge in [-0.2, -0.15) is 0 Å². The summed E-state index contributed by atoms with van der Waals surface area (Å²) < 4.78 is 41.7. The first-order valence-electron chi connectivity index (χ1n) is 11.4. The lowest BCUT2D eigenvalue weighted by Crippen LogP contribution is -2.52. The fourth-order valence-electron chi connectivity index (χ4n) is 5.17. The normalized spacial score (nSPS) is 22.7. The van der Waals surface area contributed by atoms with Crippen molar-refractivity contribution in [1.29, 1.82) is 0 Å². The number of nitrogens with zero attached hydrogens (tertiary/aromatic N) is 2. The van der Waals surface area contributed by atoms with Crippen LogP contribution in [0.5, 0.6) is 5.75 Å². The molecule has 2 aromatic rings. The van der Waals surface area contributed by atoms with E-state index in [2.05, 4.69) is 5.32 Å². The minimum Gasteiger partial charge on any atom is -0.503 e. The van der Waals surface area contributed by atoms with E-state index in [9.17, 15) is 28.3 Å². The van der Waals surface area contributed by atoms with Crippen LogP contribution in [0.2, 0.25) is 0 Å². The lowest BCUT2D eigenvalue weighted by atomic mass is 9.99. The highest BCUT2D eigenvalue weighted by molar-refractivity contribution is 5.99. The van der Waals surface area contributed by atoms with Crippen LogP contribution >= 0.6 is 0 Å². The molecule has 2 bridgehead atoms. The Hall–Kier alpha value is -3.31. The number of ether oxygens (including phenoxy) is 2. The minimum atomic E-state index is -1.08. The average Bonchev–Trinajstić information content (AvgIpc) is 3.24. The van der Waals surface area contributed by atoms with E-state index >= 15 is 0 Å². The largest absolute Gasteiger partial charge is 0.503 e. The molecule has 1 aromatic heterocycles. The number of aromatic hydroxyl groups is 1. The molecule has 11 heteroatoms. The van der Waals surface area contributed by atoms with Gasteiger partial charge in [-0.05, 0) is 38.0 Å². The number of carbonyl (C=O) groups excluding carboxylic acids is 2. The summed E-state index contributed by atoms with van der Waals surface area (Å²) in [5.74, 6) is -5.09. The summed E-state index contributed by atoms with van der Waals surface area (Å²) in [4.78, 5) is 40.6. The molecule has 0 radical (unpaired) electrons. The highest BCUT2D eigenvalue weighted by Crippen LogP contribution is 2.44. The Kier molecular flexibility index (Phi) is 5.64. The maximum atomic E-state index is 14.2. The summed E-state index contributed by atoms with van der Waals surface area (Å²) in [7, 11) is 0. The molecule has 35 heavy (non-hydrogen) atoms. The van der Waals surface area contributed by atoms with Gasteiger partial charge in [-0.3, -0.25) is 14.4 Å². The van der Waals surface area contributed by atoms with Crippen molar-refractivity contribution in [3.05, 3.63) is 62.6 Å². The summed E-state index contributed by atoms with van der Waals surface area (Å²) in [6, 6.07) is 1.47. The number of rotatable bonds is 3. The van der Waals surface area contributed by atoms with E-state index in [4.69, 9.17) is 9.47 Å². The first-order valence-corrected chi connectivity index (χ1v) is 11.4. The van der Waals surface area contributed by atoms with Crippen molar-refractivity contribution in [2.24, 2.45) is 0 Å². The second kappa shape index (κ2) is 8.42. The van der Waals surface area contributed by atoms with Crippen molar-refractivity contribution in [1.82, 2.24) is 14.8 Å². The number of nitrogens with one attached hydrogen (secondary N) is 1. The van der Waals surface area contributed by atoms with Gasteiger partial charge in [-0.1, -0.05) is 0 Å². The molecule has 2 amide bonds. The Morgan fingerprint density at radius 3 is 2.54 bits per heavy atom. The Balaban J connectivity index is 1.54. The van der Waals surface area contributed by atoms with Gasteiger partial charge in [0, 0.05) is 37.3 Å².